The number of oxazole rings is 1. The molecule has 2 heterocycles. The second kappa shape index (κ2) is 5.57. The Labute approximate surface area is 130 Å². The quantitative estimate of drug-likeness (QED) is 0.925. The minimum Gasteiger partial charge on any atom is -0.444 e. The molecule has 2 N–H and O–H groups in total. The average molecular weight is 299 g/mol. The number of nitrogens with zero attached hydrogens (tertiary/aromatic N) is 2. The number of carbonyl (C=O) groups is 1. The van der Waals surface area contributed by atoms with Crippen LogP contribution in [0.5, 0.6) is 0 Å². The van der Waals surface area contributed by atoms with Gasteiger partial charge in [-0.1, -0.05) is 26.0 Å². The van der Waals surface area contributed by atoms with Crippen molar-refractivity contribution in [3.63, 3.8) is 0 Å². The van der Waals surface area contributed by atoms with Crippen molar-refractivity contribution in [1.29, 1.82) is 0 Å². The molecule has 1 amide bonds. The monoisotopic (exact) mass is 299 g/mol. The molecule has 5 heteroatoms. The number of likely N-dealkylation sites (tertiary alicyclic amines) is 1. The molecule has 0 aliphatic carbocycles. The summed E-state index contributed by atoms with van der Waals surface area (Å²) in [6.45, 7) is 5.64. The Bertz CT molecular complexity index is 647. The maximum atomic E-state index is 12.6. The summed E-state index contributed by atoms with van der Waals surface area (Å²) in [6, 6.07) is 7.58. The van der Waals surface area contributed by atoms with Gasteiger partial charge in [0.25, 0.3) is 5.91 Å². The highest BCUT2D eigenvalue weighted by atomic mass is 16.3. The SMILES string of the molecule is CC1(C)CN(C(=O)c2ccc(-c3cnco3)cc2)CCC1N. The first-order chi connectivity index (χ1) is 10.5. The minimum atomic E-state index is -0.0479. The first kappa shape index (κ1) is 14.8. The number of rotatable bonds is 2. The van der Waals surface area contributed by atoms with E-state index in [1.165, 1.54) is 6.39 Å². The van der Waals surface area contributed by atoms with Gasteiger partial charge in [0.2, 0.25) is 0 Å². The van der Waals surface area contributed by atoms with Gasteiger partial charge in [0, 0.05) is 30.3 Å². The third-order valence-electron chi connectivity index (χ3n) is 4.45. The van der Waals surface area contributed by atoms with Crippen LogP contribution >= 0.6 is 0 Å². The third kappa shape index (κ3) is 2.76. The van der Waals surface area contributed by atoms with E-state index in [9.17, 15) is 4.79 Å². The molecule has 1 fully saturated rings. The van der Waals surface area contributed by atoms with Gasteiger partial charge in [-0.25, -0.2) is 4.98 Å². The van der Waals surface area contributed by atoms with Crippen molar-refractivity contribution in [2.45, 2.75) is 26.3 Å². The van der Waals surface area contributed by atoms with Crippen LogP contribution in [-0.4, -0.2) is 34.9 Å². The van der Waals surface area contributed by atoms with E-state index in [1.807, 2.05) is 29.2 Å². The van der Waals surface area contributed by atoms with Crippen molar-refractivity contribution < 1.29 is 9.21 Å². The molecule has 1 saturated heterocycles. The zero-order valence-corrected chi connectivity index (χ0v) is 13.0. The maximum absolute atomic E-state index is 12.6. The molecule has 0 bridgehead atoms. The van der Waals surface area contributed by atoms with Crippen LogP contribution in [0.25, 0.3) is 11.3 Å². The highest BCUT2D eigenvalue weighted by Gasteiger charge is 2.35. The number of aromatic nitrogens is 1. The van der Waals surface area contributed by atoms with E-state index in [0.29, 0.717) is 24.4 Å². The Morgan fingerprint density at radius 3 is 2.68 bits per heavy atom. The lowest BCUT2D eigenvalue weighted by molar-refractivity contribution is 0.0533. The Kier molecular flexibility index (Phi) is 3.74. The summed E-state index contributed by atoms with van der Waals surface area (Å²) < 4.78 is 5.25. The molecule has 5 nitrogen and oxygen atoms in total. The lowest BCUT2D eigenvalue weighted by atomic mass is 9.79. The zero-order chi connectivity index (χ0) is 15.7. The van der Waals surface area contributed by atoms with Crippen LogP contribution in [0.2, 0.25) is 0 Å². The normalized spacial score (nSPS) is 20.9. The highest BCUT2D eigenvalue weighted by Crippen LogP contribution is 2.29. The van der Waals surface area contributed by atoms with Crippen LogP contribution in [0.15, 0.2) is 41.3 Å². The lowest BCUT2D eigenvalue weighted by Gasteiger charge is -2.42. The summed E-state index contributed by atoms with van der Waals surface area (Å²) in [7, 11) is 0. The second-order valence-electron chi connectivity index (χ2n) is 6.55. The van der Waals surface area contributed by atoms with Crippen molar-refractivity contribution >= 4 is 5.91 Å². The van der Waals surface area contributed by atoms with Crippen molar-refractivity contribution in [1.82, 2.24) is 9.88 Å². The van der Waals surface area contributed by atoms with Crippen LogP contribution in [0.1, 0.15) is 30.6 Å². The molecule has 0 saturated carbocycles. The van der Waals surface area contributed by atoms with Gasteiger partial charge in [-0.2, -0.15) is 0 Å². The van der Waals surface area contributed by atoms with Gasteiger partial charge in [-0.05, 0) is 24.0 Å². The van der Waals surface area contributed by atoms with Gasteiger partial charge >= 0.3 is 0 Å². The predicted molar refractivity (Wildman–Crippen MR) is 84.2 cm³/mol. The van der Waals surface area contributed by atoms with Crippen molar-refractivity contribution in [3.8, 4) is 11.3 Å². The van der Waals surface area contributed by atoms with E-state index in [-0.39, 0.29) is 17.4 Å². The van der Waals surface area contributed by atoms with Crippen LogP contribution in [0.4, 0.5) is 0 Å². The number of nitrogens with two attached hydrogens (primary N) is 1. The molecule has 1 aliphatic heterocycles. The Balaban J connectivity index is 1.75. The molecule has 1 aliphatic rings. The van der Waals surface area contributed by atoms with E-state index in [4.69, 9.17) is 10.2 Å². The Hall–Kier alpha value is -2.14. The molecule has 1 aromatic heterocycles. The van der Waals surface area contributed by atoms with Crippen molar-refractivity contribution in [2.75, 3.05) is 13.1 Å². The Morgan fingerprint density at radius 2 is 2.09 bits per heavy atom. The largest absolute Gasteiger partial charge is 0.444 e. The molecule has 2 aromatic rings. The number of benzene rings is 1. The fourth-order valence-electron chi connectivity index (χ4n) is 2.87. The lowest BCUT2D eigenvalue weighted by Crippen LogP contribution is -2.53. The summed E-state index contributed by atoms with van der Waals surface area (Å²) in [5, 5.41) is 0. The molecular formula is C17H21N3O2. The van der Waals surface area contributed by atoms with E-state index in [1.54, 1.807) is 6.20 Å². The van der Waals surface area contributed by atoms with Crippen LogP contribution in [0, 0.1) is 5.41 Å². The summed E-state index contributed by atoms with van der Waals surface area (Å²) >= 11 is 0. The molecule has 0 radical (unpaired) electrons. The maximum Gasteiger partial charge on any atom is 0.253 e. The fraction of sp³-hybridized carbons (Fsp3) is 0.412. The number of amides is 1. The van der Waals surface area contributed by atoms with Gasteiger partial charge in [-0.3, -0.25) is 4.79 Å². The number of carbonyl (C=O) groups excluding carboxylic acids is 1. The summed E-state index contributed by atoms with van der Waals surface area (Å²) in [6.07, 6.45) is 3.90. The van der Waals surface area contributed by atoms with Gasteiger partial charge in [0.1, 0.15) is 0 Å². The van der Waals surface area contributed by atoms with Crippen LogP contribution in [-0.2, 0) is 0 Å². The van der Waals surface area contributed by atoms with Crippen molar-refractivity contribution in [3.05, 3.63) is 42.4 Å². The third-order valence-corrected chi connectivity index (χ3v) is 4.45. The van der Waals surface area contributed by atoms with Crippen LogP contribution in [0.3, 0.4) is 0 Å². The van der Waals surface area contributed by atoms with Crippen LogP contribution < -0.4 is 5.73 Å². The molecule has 1 aromatic carbocycles. The first-order valence-electron chi connectivity index (χ1n) is 7.51. The van der Waals surface area contributed by atoms with Crippen molar-refractivity contribution in [2.24, 2.45) is 11.1 Å². The minimum absolute atomic E-state index is 0.0479. The molecule has 3 rings (SSSR count). The Morgan fingerprint density at radius 1 is 1.36 bits per heavy atom. The first-order valence-corrected chi connectivity index (χ1v) is 7.51. The van der Waals surface area contributed by atoms with E-state index in [0.717, 1.165) is 12.0 Å². The molecule has 0 spiro atoms. The number of hydrogen-bond acceptors (Lipinski definition) is 4. The highest BCUT2D eigenvalue weighted by molar-refractivity contribution is 5.94. The zero-order valence-electron chi connectivity index (χ0n) is 13.0. The number of hydrogen-bond donors (Lipinski definition) is 1. The summed E-state index contributed by atoms with van der Waals surface area (Å²) in [5.41, 5.74) is 7.69. The molecule has 1 atom stereocenters. The predicted octanol–water partition coefficient (Wildman–Crippen LogP) is 2.54. The molecule has 22 heavy (non-hydrogen) atoms. The smallest absolute Gasteiger partial charge is 0.253 e. The fourth-order valence-corrected chi connectivity index (χ4v) is 2.87. The molecular weight excluding hydrogens is 278 g/mol. The van der Waals surface area contributed by atoms with E-state index in [2.05, 4.69) is 18.8 Å². The van der Waals surface area contributed by atoms with Gasteiger partial charge in [-0.15, -0.1) is 0 Å². The molecule has 116 valence electrons. The topological polar surface area (TPSA) is 72.4 Å². The average Bonchev–Trinajstić information content (AvgIpc) is 3.04. The van der Waals surface area contributed by atoms with E-state index >= 15 is 0 Å². The van der Waals surface area contributed by atoms with Gasteiger partial charge < -0.3 is 15.1 Å². The second-order valence-corrected chi connectivity index (χ2v) is 6.55. The standard InChI is InChI=1S/C17H21N3O2/c1-17(2)10-20(8-7-15(17)18)16(21)13-5-3-12(4-6-13)14-9-19-11-22-14/h3-6,9,11,15H,7-8,10,18H2,1-2H3. The molecule has 1 unspecified atom stereocenters. The van der Waals surface area contributed by atoms with Gasteiger partial charge in [0.05, 0.1) is 6.20 Å². The van der Waals surface area contributed by atoms with Gasteiger partial charge in [0.15, 0.2) is 12.2 Å². The summed E-state index contributed by atoms with van der Waals surface area (Å²) in [5.74, 6) is 0.758. The number of piperidine rings is 1. The van der Waals surface area contributed by atoms with E-state index < -0.39 is 0 Å². The summed E-state index contributed by atoms with van der Waals surface area (Å²) in [4.78, 5) is 18.4.